The molecule has 152 valence electrons. The molecule has 1 heterocycles. The summed E-state index contributed by atoms with van der Waals surface area (Å²) in [5.74, 6) is 1.18. The van der Waals surface area contributed by atoms with Crippen LogP contribution >= 0.6 is 11.8 Å². The highest BCUT2D eigenvalue weighted by atomic mass is 32.2. The zero-order valence-electron chi connectivity index (χ0n) is 16.5. The molecule has 0 radical (unpaired) electrons. The molecule has 3 aromatic rings. The zero-order chi connectivity index (χ0) is 20.6. The zero-order valence-corrected chi connectivity index (χ0v) is 17.3. The lowest BCUT2D eigenvalue weighted by molar-refractivity contribution is -0.120. The molecule has 3 rings (SSSR count). The smallest absolute Gasteiger partial charge is 0.233 e. The molecule has 1 aromatic heterocycles. The van der Waals surface area contributed by atoms with Gasteiger partial charge in [-0.1, -0.05) is 48.2 Å². The molecule has 0 bridgehead atoms. The van der Waals surface area contributed by atoms with Crippen LogP contribution in [0.2, 0.25) is 0 Å². The molecule has 1 N–H and O–H groups in total. The summed E-state index contributed by atoms with van der Waals surface area (Å²) in [5.41, 5.74) is 2.01. The number of nitrogens with zero attached hydrogens (tertiary/aromatic N) is 4. The number of benzene rings is 2. The Kier molecular flexibility index (Phi) is 7.07. The third-order valence-corrected chi connectivity index (χ3v) is 5.31. The number of thioether (sulfide) groups is 1. The van der Waals surface area contributed by atoms with Crippen LogP contribution in [0.4, 0.5) is 0 Å². The van der Waals surface area contributed by atoms with E-state index in [0.717, 1.165) is 11.1 Å². The van der Waals surface area contributed by atoms with Gasteiger partial charge in [-0.3, -0.25) is 4.79 Å². The maximum atomic E-state index is 12.5. The highest BCUT2D eigenvalue weighted by molar-refractivity contribution is 8.00. The largest absolute Gasteiger partial charge is 0.493 e. The second-order valence-electron chi connectivity index (χ2n) is 6.27. The Morgan fingerprint density at radius 2 is 1.86 bits per heavy atom. The number of rotatable bonds is 9. The van der Waals surface area contributed by atoms with Crippen LogP contribution in [0.5, 0.6) is 11.5 Å². The Balaban J connectivity index is 1.57. The van der Waals surface area contributed by atoms with E-state index in [9.17, 15) is 4.79 Å². The van der Waals surface area contributed by atoms with Gasteiger partial charge in [-0.25, -0.2) is 4.68 Å². The fourth-order valence-electron chi connectivity index (χ4n) is 2.67. The molecule has 29 heavy (non-hydrogen) atoms. The molecule has 8 nitrogen and oxygen atoms in total. The van der Waals surface area contributed by atoms with E-state index in [2.05, 4.69) is 20.8 Å². The van der Waals surface area contributed by atoms with E-state index >= 15 is 0 Å². The minimum absolute atomic E-state index is 0.0981. The fraction of sp³-hybridized carbons (Fsp3) is 0.300. The average Bonchev–Trinajstić information content (AvgIpc) is 3.18. The molecule has 9 heteroatoms. The summed E-state index contributed by atoms with van der Waals surface area (Å²) in [6, 6.07) is 15.5. The van der Waals surface area contributed by atoms with Crippen LogP contribution in [-0.4, -0.2) is 45.6 Å². The molecule has 0 saturated carbocycles. The average molecular weight is 414 g/mol. The van der Waals surface area contributed by atoms with Crippen LogP contribution in [0.25, 0.3) is 0 Å². The second-order valence-corrected chi connectivity index (χ2v) is 7.58. The highest BCUT2D eigenvalue weighted by Gasteiger charge is 2.18. The van der Waals surface area contributed by atoms with E-state index < -0.39 is 0 Å². The molecule has 2 aromatic carbocycles. The van der Waals surface area contributed by atoms with Crippen molar-refractivity contribution in [1.29, 1.82) is 0 Å². The summed E-state index contributed by atoms with van der Waals surface area (Å²) in [6.45, 7) is 2.77. The molecule has 0 saturated heterocycles. The standard InChI is InChI=1S/C20H23N5O3S/c1-14(19(26)21-12-16-9-10-17(27-2)18(11-16)28-3)29-20-22-23-24-25(20)13-15-7-5-4-6-8-15/h4-11,14H,12-13H2,1-3H3,(H,21,26). The van der Waals surface area contributed by atoms with Crippen molar-refractivity contribution in [1.82, 2.24) is 25.5 Å². The number of carbonyl (C=O) groups is 1. The van der Waals surface area contributed by atoms with Gasteiger partial charge in [0.1, 0.15) is 0 Å². The normalized spacial score (nSPS) is 11.7. The first-order valence-electron chi connectivity index (χ1n) is 9.06. The van der Waals surface area contributed by atoms with Gasteiger partial charge in [-0.15, -0.1) is 5.10 Å². The van der Waals surface area contributed by atoms with Crippen molar-refractivity contribution >= 4 is 17.7 Å². The van der Waals surface area contributed by atoms with Gasteiger partial charge in [-0.05, 0) is 40.6 Å². The SMILES string of the molecule is COc1ccc(CNC(=O)C(C)Sc2nnnn2Cc2ccccc2)cc1OC. The van der Waals surface area contributed by atoms with Gasteiger partial charge in [-0.2, -0.15) is 0 Å². The van der Waals surface area contributed by atoms with E-state index in [1.165, 1.54) is 11.8 Å². The quantitative estimate of drug-likeness (QED) is 0.539. The van der Waals surface area contributed by atoms with Gasteiger partial charge in [0.05, 0.1) is 26.0 Å². The van der Waals surface area contributed by atoms with Crippen molar-refractivity contribution in [3.63, 3.8) is 0 Å². The van der Waals surface area contributed by atoms with E-state index in [4.69, 9.17) is 9.47 Å². The highest BCUT2D eigenvalue weighted by Crippen LogP contribution is 2.27. The summed E-state index contributed by atoms with van der Waals surface area (Å²) in [5, 5.41) is 15.0. The van der Waals surface area contributed by atoms with Crippen molar-refractivity contribution in [3.8, 4) is 11.5 Å². The lowest BCUT2D eigenvalue weighted by Gasteiger charge is -2.13. The number of amides is 1. The summed E-state index contributed by atoms with van der Waals surface area (Å²) in [4.78, 5) is 12.5. The van der Waals surface area contributed by atoms with Crippen molar-refractivity contribution in [2.24, 2.45) is 0 Å². The first-order valence-corrected chi connectivity index (χ1v) is 9.94. The predicted molar refractivity (Wildman–Crippen MR) is 110 cm³/mol. The number of aromatic nitrogens is 4. The van der Waals surface area contributed by atoms with Crippen LogP contribution < -0.4 is 14.8 Å². The number of nitrogens with one attached hydrogen (secondary N) is 1. The molecular formula is C20H23N5O3S. The predicted octanol–water partition coefficient (Wildman–Crippen LogP) is 2.54. The van der Waals surface area contributed by atoms with Gasteiger partial charge in [0.2, 0.25) is 11.1 Å². The van der Waals surface area contributed by atoms with Gasteiger partial charge in [0, 0.05) is 6.54 Å². The Morgan fingerprint density at radius 3 is 2.59 bits per heavy atom. The van der Waals surface area contributed by atoms with E-state index in [1.807, 2.05) is 55.5 Å². The van der Waals surface area contributed by atoms with Gasteiger partial charge < -0.3 is 14.8 Å². The number of hydrogen-bond donors (Lipinski definition) is 1. The Hall–Kier alpha value is -3.07. The number of tetrazole rings is 1. The third kappa shape index (κ3) is 5.47. The Bertz CT molecular complexity index is 948. The topological polar surface area (TPSA) is 91.2 Å². The molecule has 0 spiro atoms. The number of carbonyl (C=O) groups excluding carboxylic acids is 1. The van der Waals surface area contributed by atoms with E-state index in [-0.39, 0.29) is 11.2 Å². The molecule has 0 fully saturated rings. The molecule has 0 aliphatic rings. The summed E-state index contributed by atoms with van der Waals surface area (Å²) < 4.78 is 12.2. The van der Waals surface area contributed by atoms with Crippen molar-refractivity contribution in [3.05, 3.63) is 59.7 Å². The van der Waals surface area contributed by atoms with Crippen LogP contribution in [0, 0.1) is 0 Å². The molecule has 0 aliphatic carbocycles. The van der Waals surface area contributed by atoms with Crippen LogP contribution in [0.3, 0.4) is 0 Å². The lowest BCUT2D eigenvalue weighted by Crippen LogP contribution is -2.30. The minimum atomic E-state index is -0.351. The summed E-state index contributed by atoms with van der Waals surface area (Å²) in [6.07, 6.45) is 0. The van der Waals surface area contributed by atoms with Crippen LogP contribution in [0.15, 0.2) is 53.7 Å². The second kappa shape index (κ2) is 9.92. The number of ether oxygens (including phenoxy) is 2. The van der Waals surface area contributed by atoms with E-state index in [1.54, 1.807) is 18.9 Å². The monoisotopic (exact) mass is 413 g/mol. The van der Waals surface area contributed by atoms with Crippen molar-refractivity contribution in [2.75, 3.05) is 14.2 Å². The molecular weight excluding hydrogens is 390 g/mol. The van der Waals surface area contributed by atoms with Crippen LogP contribution in [0.1, 0.15) is 18.1 Å². The van der Waals surface area contributed by atoms with Gasteiger partial charge >= 0.3 is 0 Å². The molecule has 1 unspecified atom stereocenters. The maximum Gasteiger partial charge on any atom is 0.233 e. The maximum absolute atomic E-state index is 12.5. The molecule has 1 amide bonds. The van der Waals surface area contributed by atoms with Crippen molar-refractivity contribution < 1.29 is 14.3 Å². The number of hydrogen-bond acceptors (Lipinski definition) is 7. The van der Waals surface area contributed by atoms with E-state index in [0.29, 0.717) is 29.7 Å². The third-order valence-electron chi connectivity index (χ3n) is 4.24. The number of methoxy groups -OCH3 is 2. The first kappa shape index (κ1) is 20.7. The van der Waals surface area contributed by atoms with Gasteiger partial charge in [0.25, 0.3) is 0 Å². The molecule has 1 atom stereocenters. The van der Waals surface area contributed by atoms with Crippen molar-refractivity contribution in [2.45, 2.75) is 30.4 Å². The minimum Gasteiger partial charge on any atom is -0.493 e. The fourth-order valence-corrected chi connectivity index (χ4v) is 3.48. The first-order chi connectivity index (χ1) is 14.1. The Morgan fingerprint density at radius 1 is 1.10 bits per heavy atom. The summed E-state index contributed by atoms with van der Waals surface area (Å²) >= 11 is 1.32. The molecule has 0 aliphatic heterocycles. The summed E-state index contributed by atoms with van der Waals surface area (Å²) in [7, 11) is 3.17. The lowest BCUT2D eigenvalue weighted by atomic mass is 10.2. The Labute approximate surface area is 173 Å². The van der Waals surface area contributed by atoms with Crippen LogP contribution in [-0.2, 0) is 17.9 Å². The van der Waals surface area contributed by atoms with Gasteiger partial charge in [0.15, 0.2) is 11.5 Å².